The Bertz CT molecular complexity index is 354. The van der Waals surface area contributed by atoms with E-state index in [1.807, 2.05) is 0 Å². The summed E-state index contributed by atoms with van der Waals surface area (Å²) in [6, 6.07) is 0. The Hall–Kier alpha value is -1.12. The molecule has 1 aromatic rings. The molecule has 0 aromatic carbocycles. The molecule has 0 saturated carbocycles. The van der Waals surface area contributed by atoms with Gasteiger partial charge in [0.25, 0.3) is 0 Å². The van der Waals surface area contributed by atoms with Crippen LogP contribution < -0.4 is 5.32 Å². The van der Waals surface area contributed by atoms with E-state index in [1.54, 1.807) is 12.1 Å². The van der Waals surface area contributed by atoms with Crippen LogP contribution in [0.3, 0.4) is 0 Å². The molecule has 0 amide bonds. The van der Waals surface area contributed by atoms with Gasteiger partial charge in [-0.3, -0.25) is 5.10 Å². The molecular formula is C9H14F3N3O2. The van der Waals surface area contributed by atoms with Crippen molar-refractivity contribution >= 4 is 0 Å². The number of rotatable bonds is 5. The Kier molecular flexibility index (Phi) is 4.49. The molecule has 8 heteroatoms. The SMILES string of the molecule is CNCCC(O)C(O)c1cn[nH]c1C(F)(F)F. The number of H-pyrrole nitrogens is 1. The van der Waals surface area contributed by atoms with Crippen molar-refractivity contribution in [3.8, 4) is 0 Å². The number of alkyl halides is 3. The van der Waals surface area contributed by atoms with Crippen molar-refractivity contribution in [3.63, 3.8) is 0 Å². The topological polar surface area (TPSA) is 81.2 Å². The second-order valence-corrected chi connectivity index (χ2v) is 3.60. The van der Waals surface area contributed by atoms with Crippen LogP contribution in [0.25, 0.3) is 0 Å². The molecule has 98 valence electrons. The molecule has 0 saturated heterocycles. The summed E-state index contributed by atoms with van der Waals surface area (Å²) >= 11 is 0. The van der Waals surface area contributed by atoms with Crippen LogP contribution in [0.15, 0.2) is 6.20 Å². The van der Waals surface area contributed by atoms with Crippen LogP contribution >= 0.6 is 0 Å². The van der Waals surface area contributed by atoms with E-state index in [0.29, 0.717) is 6.54 Å². The van der Waals surface area contributed by atoms with E-state index in [0.717, 1.165) is 6.20 Å². The maximum absolute atomic E-state index is 12.5. The molecule has 2 unspecified atom stereocenters. The number of hydrogen-bond acceptors (Lipinski definition) is 4. The second-order valence-electron chi connectivity index (χ2n) is 3.60. The number of halogens is 3. The van der Waals surface area contributed by atoms with Crippen molar-refractivity contribution in [1.29, 1.82) is 0 Å². The molecule has 5 nitrogen and oxygen atoms in total. The number of hydrogen-bond donors (Lipinski definition) is 4. The van der Waals surface area contributed by atoms with Gasteiger partial charge in [-0.2, -0.15) is 18.3 Å². The minimum atomic E-state index is -4.63. The van der Waals surface area contributed by atoms with Gasteiger partial charge in [0.1, 0.15) is 11.8 Å². The first-order valence-electron chi connectivity index (χ1n) is 4.99. The van der Waals surface area contributed by atoms with E-state index in [-0.39, 0.29) is 6.42 Å². The molecule has 1 aromatic heterocycles. The molecule has 17 heavy (non-hydrogen) atoms. The lowest BCUT2D eigenvalue weighted by molar-refractivity contribution is -0.143. The average molecular weight is 253 g/mol. The standard InChI is InChI=1S/C9H14F3N3O2/c1-13-3-2-6(16)7(17)5-4-14-15-8(5)9(10,11)12/h4,6-7,13,16-17H,2-3H2,1H3,(H,14,15). The number of aromatic nitrogens is 2. The quantitative estimate of drug-likeness (QED) is 0.613. The van der Waals surface area contributed by atoms with Crippen molar-refractivity contribution < 1.29 is 23.4 Å². The zero-order valence-electron chi connectivity index (χ0n) is 9.12. The minimum Gasteiger partial charge on any atom is -0.390 e. The number of aromatic amines is 1. The van der Waals surface area contributed by atoms with Gasteiger partial charge in [-0.15, -0.1) is 0 Å². The predicted octanol–water partition coefficient (Wildman–Crippen LogP) is 0.432. The summed E-state index contributed by atoms with van der Waals surface area (Å²) in [4.78, 5) is 0. The molecule has 0 aliphatic heterocycles. The molecule has 0 aliphatic carbocycles. The summed E-state index contributed by atoms with van der Waals surface area (Å²) in [6.07, 6.45) is -6.51. The maximum atomic E-state index is 12.5. The summed E-state index contributed by atoms with van der Waals surface area (Å²) in [6.45, 7) is 0.386. The average Bonchev–Trinajstić information content (AvgIpc) is 2.73. The fourth-order valence-electron chi connectivity index (χ4n) is 1.40. The molecule has 1 heterocycles. The van der Waals surface area contributed by atoms with E-state index in [4.69, 9.17) is 0 Å². The number of nitrogens with one attached hydrogen (secondary N) is 2. The fraction of sp³-hybridized carbons (Fsp3) is 0.667. The van der Waals surface area contributed by atoms with Crippen molar-refractivity contribution in [2.75, 3.05) is 13.6 Å². The third-order valence-electron chi connectivity index (χ3n) is 2.33. The van der Waals surface area contributed by atoms with Crippen molar-refractivity contribution in [2.45, 2.75) is 24.8 Å². The smallest absolute Gasteiger partial charge is 0.390 e. The van der Waals surface area contributed by atoms with Crippen LogP contribution in [-0.4, -0.2) is 40.1 Å². The van der Waals surface area contributed by atoms with Crippen LogP contribution in [0, 0.1) is 0 Å². The Balaban J connectivity index is 2.82. The number of aliphatic hydroxyl groups excluding tert-OH is 2. The third-order valence-corrected chi connectivity index (χ3v) is 2.33. The second kappa shape index (κ2) is 5.48. The van der Waals surface area contributed by atoms with Gasteiger partial charge in [0.2, 0.25) is 0 Å². The number of nitrogens with zero attached hydrogens (tertiary/aromatic N) is 1. The molecule has 2 atom stereocenters. The first-order valence-corrected chi connectivity index (χ1v) is 4.99. The van der Waals surface area contributed by atoms with Gasteiger partial charge in [0.05, 0.1) is 12.3 Å². The third kappa shape index (κ3) is 3.42. The van der Waals surface area contributed by atoms with Crippen LogP contribution in [0.2, 0.25) is 0 Å². The van der Waals surface area contributed by atoms with Gasteiger partial charge in [-0.1, -0.05) is 0 Å². The summed E-state index contributed by atoms with van der Waals surface area (Å²) in [7, 11) is 1.64. The lowest BCUT2D eigenvalue weighted by atomic mass is 10.0. The van der Waals surface area contributed by atoms with Crippen LogP contribution in [0.5, 0.6) is 0 Å². The van der Waals surface area contributed by atoms with Gasteiger partial charge in [0, 0.05) is 5.56 Å². The lowest BCUT2D eigenvalue weighted by Gasteiger charge is -2.18. The molecule has 4 N–H and O–H groups in total. The molecule has 0 radical (unpaired) electrons. The highest BCUT2D eigenvalue weighted by molar-refractivity contribution is 5.22. The van der Waals surface area contributed by atoms with E-state index in [9.17, 15) is 23.4 Å². The van der Waals surface area contributed by atoms with Gasteiger partial charge in [-0.05, 0) is 20.0 Å². The van der Waals surface area contributed by atoms with Crippen molar-refractivity contribution in [2.24, 2.45) is 0 Å². The van der Waals surface area contributed by atoms with Gasteiger partial charge >= 0.3 is 6.18 Å². The Morgan fingerprint density at radius 1 is 1.47 bits per heavy atom. The first kappa shape index (κ1) is 13.9. The van der Waals surface area contributed by atoms with E-state index in [2.05, 4.69) is 10.4 Å². The summed E-state index contributed by atoms with van der Waals surface area (Å²) in [5.74, 6) is 0. The van der Waals surface area contributed by atoms with Gasteiger partial charge < -0.3 is 15.5 Å². The summed E-state index contributed by atoms with van der Waals surface area (Å²) in [5.41, 5.74) is -1.57. The molecule has 1 rings (SSSR count). The van der Waals surface area contributed by atoms with Gasteiger partial charge in [-0.25, -0.2) is 0 Å². The zero-order chi connectivity index (χ0) is 13.1. The zero-order valence-corrected chi connectivity index (χ0v) is 9.12. The number of aliphatic hydroxyl groups is 2. The van der Waals surface area contributed by atoms with Gasteiger partial charge in [0.15, 0.2) is 0 Å². The summed E-state index contributed by atoms with van der Waals surface area (Å²) in [5, 5.41) is 26.9. The Labute approximate surface area is 95.7 Å². The Morgan fingerprint density at radius 3 is 2.65 bits per heavy atom. The highest BCUT2D eigenvalue weighted by Gasteiger charge is 2.38. The maximum Gasteiger partial charge on any atom is 0.433 e. The largest absolute Gasteiger partial charge is 0.433 e. The van der Waals surface area contributed by atoms with E-state index < -0.39 is 29.6 Å². The molecule has 0 spiro atoms. The van der Waals surface area contributed by atoms with Crippen molar-refractivity contribution in [1.82, 2.24) is 15.5 Å². The summed E-state index contributed by atoms with van der Waals surface area (Å²) < 4.78 is 37.4. The predicted molar refractivity (Wildman–Crippen MR) is 53.1 cm³/mol. The van der Waals surface area contributed by atoms with E-state index >= 15 is 0 Å². The molecule has 0 fully saturated rings. The highest BCUT2D eigenvalue weighted by Crippen LogP contribution is 2.33. The van der Waals surface area contributed by atoms with Crippen LogP contribution in [-0.2, 0) is 6.18 Å². The molecule has 0 aliphatic rings. The highest BCUT2D eigenvalue weighted by atomic mass is 19.4. The Morgan fingerprint density at radius 2 is 2.12 bits per heavy atom. The van der Waals surface area contributed by atoms with Crippen LogP contribution in [0.4, 0.5) is 13.2 Å². The van der Waals surface area contributed by atoms with Crippen LogP contribution in [0.1, 0.15) is 23.8 Å². The molecular weight excluding hydrogens is 239 g/mol. The normalized spacial score (nSPS) is 15.9. The van der Waals surface area contributed by atoms with Crippen molar-refractivity contribution in [3.05, 3.63) is 17.5 Å². The van der Waals surface area contributed by atoms with E-state index in [1.165, 1.54) is 0 Å². The lowest BCUT2D eigenvalue weighted by Crippen LogP contribution is -2.24. The minimum absolute atomic E-state index is 0.139. The first-order chi connectivity index (χ1) is 7.88. The molecule has 0 bridgehead atoms. The monoisotopic (exact) mass is 253 g/mol. The fourth-order valence-corrected chi connectivity index (χ4v) is 1.40.